The number of carbonyl (C=O) groups is 1. The quantitative estimate of drug-likeness (QED) is 0.275. The Bertz CT molecular complexity index is 251. The van der Waals surface area contributed by atoms with Gasteiger partial charge in [-0.05, 0) is 0 Å². The van der Waals surface area contributed by atoms with Crippen LogP contribution in [0.15, 0.2) is 30.3 Å². The molecule has 0 fully saturated rings. The summed E-state index contributed by atoms with van der Waals surface area (Å²) >= 11 is -3.11. The van der Waals surface area contributed by atoms with Gasteiger partial charge in [0.05, 0.1) is 0 Å². The molecule has 0 aliphatic carbocycles. The third kappa shape index (κ3) is 15.4. The van der Waals surface area contributed by atoms with E-state index in [4.69, 9.17) is 13.3 Å². The molecule has 0 aliphatic heterocycles. The van der Waals surface area contributed by atoms with E-state index in [9.17, 15) is 4.79 Å². The molecule has 4 nitrogen and oxygen atoms in total. The predicted octanol–water partition coefficient (Wildman–Crippen LogP) is -5.50. The minimum absolute atomic E-state index is 0. The molecule has 0 aromatic heterocycles. The normalized spacial score (nSPS) is 7.36. The zero-order valence-electron chi connectivity index (χ0n) is 8.01. The van der Waals surface area contributed by atoms with Gasteiger partial charge in [-0.25, -0.2) is 0 Å². The van der Waals surface area contributed by atoms with Crippen LogP contribution in [0.4, 0.5) is 0 Å². The van der Waals surface area contributed by atoms with E-state index in [1.807, 2.05) is 18.2 Å². The van der Waals surface area contributed by atoms with E-state index in [2.05, 4.69) is 0 Å². The van der Waals surface area contributed by atoms with Crippen LogP contribution in [0.1, 0.15) is 10.4 Å². The zero-order chi connectivity index (χ0) is 9.40. The maximum Gasteiger partial charge on any atom is 1.00 e. The summed E-state index contributed by atoms with van der Waals surface area (Å²) in [7, 11) is 0. The van der Waals surface area contributed by atoms with Crippen molar-refractivity contribution in [1.82, 2.24) is 0 Å². The fourth-order valence-corrected chi connectivity index (χ4v) is 0.532. The molecule has 0 aliphatic rings. The Hall–Kier alpha value is 0.960. The Morgan fingerprint density at radius 1 is 1.07 bits per heavy atom. The van der Waals surface area contributed by atoms with Crippen LogP contribution < -0.4 is 59.1 Å². The van der Waals surface area contributed by atoms with Crippen molar-refractivity contribution in [3.63, 3.8) is 0 Å². The minimum Gasteiger partial charge on any atom is -0.784 e. The molecule has 66 valence electrons. The van der Waals surface area contributed by atoms with Crippen molar-refractivity contribution in [2.75, 3.05) is 0 Å². The second-order valence-electron chi connectivity index (χ2n) is 1.73. The van der Waals surface area contributed by atoms with Gasteiger partial charge >= 0.3 is 59.1 Å². The van der Waals surface area contributed by atoms with Crippen LogP contribution >= 0.6 is 0 Å². The van der Waals surface area contributed by atoms with E-state index in [0.29, 0.717) is 0 Å². The van der Waals surface area contributed by atoms with Gasteiger partial charge in [0, 0.05) is 5.56 Å². The summed E-state index contributed by atoms with van der Waals surface area (Å²) in [6.07, 6.45) is 0.833. The van der Waals surface area contributed by atoms with Crippen molar-refractivity contribution >= 4 is 17.6 Å². The van der Waals surface area contributed by atoms with E-state index in [1.165, 1.54) is 0 Å². The summed E-state index contributed by atoms with van der Waals surface area (Å²) in [5.74, 6) is 0. The maximum atomic E-state index is 10.0. The molecule has 1 aromatic carbocycles. The summed E-state index contributed by atoms with van der Waals surface area (Å²) in [5, 5.41) is 0. The van der Waals surface area contributed by atoms with Crippen LogP contribution in [0, 0.1) is 0 Å². The predicted molar refractivity (Wildman–Crippen MR) is 41.5 cm³/mol. The smallest absolute Gasteiger partial charge is 0.784 e. The van der Waals surface area contributed by atoms with Gasteiger partial charge < -0.3 is 9.11 Å². The number of rotatable bonds is 1. The average molecular weight is 232 g/mol. The molecule has 0 N–H and O–H groups in total. The number of carbonyl (C=O) groups excluding carboxylic acids is 1. The van der Waals surface area contributed by atoms with Crippen LogP contribution in [0.25, 0.3) is 0 Å². The Morgan fingerprint density at radius 2 is 1.43 bits per heavy atom. The van der Waals surface area contributed by atoms with Crippen LogP contribution in [0.3, 0.4) is 0 Å². The number of aldehydes is 1. The molecule has 0 radical (unpaired) electrons. The first-order valence-electron chi connectivity index (χ1n) is 2.94. The Labute approximate surface area is 129 Å². The molecular formula is C7H6Na2O4S. The molecule has 0 unspecified atom stereocenters. The van der Waals surface area contributed by atoms with E-state index < -0.39 is 11.4 Å². The van der Waals surface area contributed by atoms with Gasteiger partial charge in [0.1, 0.15) is 6.29 Å². The van der Waals surface area contributed by atoms with Gasteiger partial charge in [-0.15, -0.1) is 11.4 Å². The Balaban J connectivity index is -0.000000180. The first-order chi connectivity index (χ1) is 5.66. The molecular weight excluding hydrogens is 226 g/mol. The molecule has 1 rings (SSSR count). The van der Waals surface area contributed by atoms with Crippen LogP contribution in [0.2, 0.25) is 0 Å². The topological polar surface area (TPSA) is 80.3 Å². The van der Waals surface area contributed by atoms with Crippen LogP contribution in [-0.2, 0) is 11.4 Å². The second kappa shape index (κ2) is 14.0. The molecule has 0 heterocycles. The van der Waals surface area contributed by atoms with Crippen molar-refractivity contribution in [3.05, 3.63) is 35.9 Å². The van der Waals surface area contributed by atoms with E-state index in [1.54, 1.807) is 12.1 Å². The fraction of sp³-hybridized carbons (Fsp3) is 0. The Kier molecular flexibility index (Phi) is 20.3. The summed E-state index contributed by atoms with van der Waals surface area (Å²) in [4.78, 5) is 10.0. The molecule has 0 bridgehead atoms. The fourth-order valence-electron chi connectivity index (χ4n) is 0.532. The van der Waals surface area contributed by atoms with E-state index >= 15 is 0 Å². The number of benzene rings is 1. The standard InChI is InChI=1S/C7H6O.2Na.H2O3S/c8-6-7-4-2-1-3-5-7;;;1-4(2)3/h1-6H;;;(H2,1,2,3)/q;2*+1;/p-2. The van der Waals surface area contributed by atoms with Crippen LogP contribution in [-0.4, -0.2) is 19.6 Å². The van der Waals surface area contributed by atoms with Gasteiger partial charge in [-0.3, -0.25) is 9.00 Å². The summed E-state index contributed by atoms with van der Waals surface area (Å²) < 4.78 is 25.3. The first kappa shape index (κ1) is 20.4. The molecule has 1 aromatic rings. The summed E-state index contributed by atoms with van der Waals surface area (Å²) in [6, 6.07) is 9.10. The van der Waals surface area contributed by atoms with Crippen molar-refractivity contribution in [2.45, 2.75) is 0 Å². The second-order valence-corrected chi connectivity index (χ2v) is 2.14. The van der Waals surface area contributed by atoms with Crippen LogP contribution in [0.5, 0.6) is 0 Å². The number of hydrogen-bond acceptors (Lipinski definition) is 4. The van der Waals surface area contributed by atoms with Crippen molar-refractivity contribution in [1.29, 1.82) is 0 Å². The molecule has 0 atom stereocenters. The van der Waals surface area contributed by atoms with E-state index in [0.717, 1.165) is 11.8 Å². The summed E-state index contributed by atoms with van der Waals surface area (Å²) in [5.41, 5.74) is 0.729. The van der Waals surface area contributed by atoms with Gasteiger partial charge in [0.2, 0.25) is 0 Å². The molecule has 14 heavy (non-hydrogen) atoms. The third-order valence-corrected chi connectivity index (χ3v) is 0.936. The van der Waals surface area contributed by atoms with Crippen molar-refractivity contribution < 1.29 is 77.2 Å². The average Bonchev–Trinajstić information content (AvgIpc) is 2.05. The van der Waals surface area contributed by atoms with Gasteiger partial charge in [0.15, 0.2) is 0 Å². The van der Waals surface area contributed by atoms with Gasteiger partial charge in [0.25, 0.3) is 0 Å². The Morgan fingerprint density at radius 3 is 1.64 bits per heavy atom. The largest absolute Gasteiger partial charge is 1.00 e. The van der Waals surface area contributed by atoms with Crippen molar-refractivity contribution in [2.24, 2.45) is 0 Å². The first-order valence-corrected chi connectivity index (χ1v) is 3.94. The molecule has 0 spiro atoms. The SMILES string of the molecule is O=Cc1ccccc1.O=S([O-])[O-].[Na+].[Na+]. The summed E-state index contributed by atoms with van der Waals surface area (Å²) in [6.45, 7) is 0. The molecule has 7 heteroatoms. The van der Waals surface area contributed by atoms with Gasteiger partial charge in [-0.1, -0.05) is 30.3 Å². The zero-order valence-corrected chi connectivity index (χ0v) is 12.8. The molecule has 0 amide bonds. The number of hydrogen-bond donors (Lipinski definition) is 0. The third-order valence-electron chi connectivity index (χ3n) is 0.936. The van der Waals surface area contributed by atoms with E-state index in [-0.39, 0.29) is 59.1 Å². The minimum atomic E-state index is -3.11. The molecule has 0 saturated carbocycles. The van der Waals surface area contributed by atoms with Gasteiger partial charge in [-0.2, -0.15) is 0 Å². The molecule has 0 saturated heterocycles. The van der Waals surface area contributed by atoms with Crippen molar-refractivity contribution in [3.8, 4) is 0 Å². The monoisotopic (exact) mass is 232 g/mol. The maximum absolute atomic E-state index is 10.0.